The summed E-state index contributed by atoms with van der Waals surface area (Å²) in [5, 5.41) is 15.2. The van der Waals surface area contributed by atoms with E-state index in [1.807, 2.05) is 0 Å². The van der Waals surface area contributed by atoms with E-state index in [1.165, 1.54) is 11.1 Å². The summed E-state index contributed by atoms with van der Waals surface area (Å²) in [4.78, 5) is 0. The minimum atomic E-state index is 0.222. The zero-order valence-electron chi connectivity index (χ0n) is 11.5. The van der Waals surface area contributed by atoms with Gasteiger partial charge in [-0.15, -0.1) is 0 Å². The molecule has 1 aromatic rings. The highest BCUT2D eigenvalue weighted by Crippen LogP contribution is 2.48. The van der Waals surface area contributed by atoms with Gasteiger partial charge in [-0.05, 0) is 35.8 Å². The third-order valence-corrected chi connectivity index (χ3v) is 3.90. The molecule has 0 aliphatic heterocycles. The van der Waals surface area contributed by atoms with Crippen LogP contribution in [0.2, 0.25) is 0 Å². The van der Waals surface area contributed by atoms with Gasteiger partial charge < -0.3 is 16.3 Å². The molecule has 0 heterocycles. The van der Waals surface area contributed by atoms with E-state index in [4.69, 9.17) is 10.9 Å². The third kappa shape index (κ3) is 3.96. The maximum Gasteiger partial charge on any atom is 0.139 e. The first kappa shape index (κ1) is 13.9. The van der Waals surface area contributed by atoms with E-state index < -0.39 is 0 Å². The Bertz CT molecular complexity index is 435. The molecule has 19 heavy (non-hydrogen) atoms. The SMILES string of the molecule is CCc1ccc(CNCC2(C/C(N)=N/O)CC2)cc1. The zero-order chi connectivity index (χ0) is 13.7. The fraction of sp³-hybridized carbons (Fsp3) is 0.533. The second-order valence-corrected chi connectivity index (χ2v) is 5.54. The molecule has 0 atom stereocenters. The van der Waals surface area contributed by atoms with Crippen molar-refractivity contribution in [3.63, 3.8) is 0 Å². The Morgan fingerprint density at radius 1 is 1.32 bits per heavy atom. The van der Waals surface area contributed by atoms with E-state index in [9.17, 15) is 0 Å². The maximum atomic E-state index is 8.62. The summed E-state index contributed by atoms with van der Waals surface area (Å²) in [6, 6.07) is 8.71. The molecule has 0 radical (unpaired) electrons. The molecule has 1 aromatic carbocycles. The van der Waals surface area contributed by atoms with Crippen molar-refractivity contribution in [2.24, 2.45) is 16.3 Å². The topological polar surface area (TPSA) is 70.6 Å². The van der Waals surface area contributed by atoms with Crippen molar-refractivity contribution in [1.29, 1.82) is 0 Å². The fourth-order valence-electron chi connectivity index (χ4n) is 2.38. The molecule has 4 nitrogen and oxygen atoms in total. The normalized spacial score (nSPS) is 17.4. The number of rotatable bonds is 7. The van der Waals surface area contributed by atoms with Gasteiger partial charge in [-0.1, -0.05) is 36.3 Å². The molecule has 4 N–H and O–H groups in total. The maximum absolute atomic E-state index is 8.62. The van der Waals surface area contributed by atoms with Gasteiger partial charge in [0.15, 0.2) is 0 Å². The van der Waals surface area contributed by atoms with Crippen LogP contribution in [-0.2, 0) is 13.0 Å². The van der Waals surface area contributed by atoms with Crippen LogP contribution in [0.3, 0.4) is 0 Å². The molecule has 1 fully saturated rings. The molecule has 1 aliphatic rings. The Hall–Kier alpha value is -1.55. The largest absolute Gasteiger partial charge is 0.409 e. The smallest absolute Gasteiger partial charge is 0.139 e. The molecule has 4 heteroatoms. The summed E-state index contributed by atoms with van der Waals surface area (Å²) >= 11 is 0. The van der Waals surface area contributed by atoms with Gasteiger partial charge in [-0.2, -0.15) is 0 Å². The number of benzene rings is 1. The average molecular weight is 261 g/mol. The van der Waals surface area contributed by atoms with Crippen molar-refractivity contribution in [3.8, 4) is 0 Å². The van der Waals surface area contributed by atoms with Crippen molar-refractivity contribution in [1.82, 2.24) is 5.32 Å². The number of hydrogen-bond donors (Lipinski definition) is 3. The lowest BCUT2D eigenvalue weighted by atomic mass is 10.0. The average Bonchev–Trinajstić information content (AvgIpc) is 3.19. The summed E-state index contributed by atoms with van der Waals surface area (Å²) in [6.07, 6.45) is 4.08. The van der Waals surface area contributed by atoms with E-state index in [0.717, 1.165) is 32.4 Å². The van der Waals surface area contributed by atoms with Crippen LogP contribution in [0.25, 0.3) is 0 Å². The van der Waals surface area contributed by atoms with Crippen LogP contribution in [-0.4, -0.2) is 17.6 Å². The van der Waals surface area contributed by atoms with Crippen molar-refractivity contribution >= 4 is 5.84 Å². The molecule has 1 aliphatic carbocycles. The standard InChI is InChI=1S/C15H23N3O/c1-2-12-3-5-13(6-4-12)10-17-11-15(7-8-15)9-14(16)18-19/h3-6,17,19H,2,7-11H2,1H3,(H2,16,18). The Kier molecular flexibility index (Phi) is 4.43. The number of nitrogens with zero attached hydrogens (tertiary/aromatic N) is 1. The Balaban J connectivity index is 1.77. The van der Waals surface area contributed by atoms with Crippen LogP contribution >= 0.6 is 0 Å². The lowest BCUT2D eigenvalue weighted by molar-refractivity contribution is 0.314. The van der Waals surface area contributed by atoms with Crippen molar-refractivity contribution < 1.29 is 5.21 Å². The molecule has 1 saturated carbocycles. The minimum absolute atomic E-state index is 0.222. The fourth-order valence-corrected chi connectivity index (χ4v) is 2.38. The van der Waals surface area contributed by atoms with Gasteiger partial charge in [0.1, 0.15) is 5.84 Å². The molecule has 0 unspecified atom stereocenters. The van der Waals surface area contributed by atoms with Crippen molar-refractivity contribution in [3.05, 3.63) is 35.4 Å². The van der Waals surface area contributed by atoms with Gasteiger partial charge >= 0.3 is 0 Å². The van der Waals surface area contributed by atoms with E-state index in [-0.39, 0.29) is 5.41 Å². The number of nitrogens with two attached hydrogens (primary N) is 1. The number of aryl methyl sites for hydroxylation is 1. The molecule has 0 spiro atoms. The first-order valence-electron chi connectivity index (χ1n) is 6.92. The van der Waals surface area contributed by atoms with E-state index in [0.29, 0.717) is 12.3 Å². The third-order valence-electron chi connectivity index (χ3n) is 3.90. The van der Waals surface area contributed by atoms with Gasteiger partial charge in [-0.25, -0.2) is 0 Å². The predicted molar refractivity (Wildman–Crippen MR) is 77.2 cm³/mol. The summed E-state index contributed by atoms with van der Waals surface area (Å²) in [5.74, 6) is 0.339. The van der Waals surface area contributed by atoms with Gasteiger partial charge in [-0.3, -0.25) is 0 Å². The molecular formula is C15H23N3O. The Labute approximate surface area is 114 Å². The van der Waals surface area contributed by atoms with Crippen LogP contribution < -0.4 is 11.1 Å². The molecule has 0 bridgehead atoms. The van der Waals surface area contributed by atoms with E-state index in [1.54, 1.807) is 0 Å². The van der Waals surface area contributed by atoms with Crippen LogP contribution in [0.5, 0.6) is 0 Å². The highest BCUT2D eigenvalue weighted by molar-refractivity contribution is 5.80. The van der Waals surface area contributed by atoms with Crippen molar-refractivity contribution in [2.75, 3.05) is 6.54 Å². The number of oxime groups is 1. The second kappa shape index (κ2) is 6.06. The minimum Gasteiger partial charge on any atom is -0.409 e. The Morgan fingerprint density at radius 2 is 1.95 bits per heavy atom. The number of nitrogens with one attached hydrogen (secondary N) is 1. The summed E-state index contributed by atoms with van der Waals surface area (Å²) < 4.78 is 0. The predicted octanol–water partition coefficient (Wildman–Crippen LogP) is 2.26. The monoisotopic (exact) mass is 261 g/mol. The zero-order valence-corrected chi connectivity index (χ0v) is 11.5. The van der Waals surface area contributed by atoms with Crippen LogP contribution in [0.15, 0.2) is 29.4 Å². The Morgan fingerprint density at radius 3 is 2.47 bits per heavy atom. The lowest BCUT2D eigenvalue weighted by Gasteiger charge is -2.15. The molecule has 0 aromatic heterocycles. The number of amidine groups is 1. The summed E-state index contributed by atoms with van der Waals surface area (Å²) in [7, 11) is 0. The van der Waals surface area contributed by atoms with Gasteiger partial charge in [0.25, 0.3) is 0 Å². The summed E-state index contributed by atoms with van der Waals surface area (Å²) in [5.41, 5.74) is 8.48. The molecule has 0 saturated heterocycles. The first-order valence-corrected chi connectivity index (χ1v) is 6.92. The van der Waals surface area contributed by atoms with Crippen molar-refractivity contribution in [2.45, 2.75) is 39.2 Å². The summed E-state index contributed by atoms with van der Waals surface area (Å²) in [6.45, 7) is 3.97. The second-order valence-electron chi connectivity index (χ2n) is 5.54. The van der Waals surface area contributed by atoms with Gasteiger partial charge in [0.2, 0.25) is 0 Å². The van der Waals surface area contributed by atoms with Crippen LogP contribution in [0, 0.1) is 5.41 Å². The van der Waals surface area contributed by atoms with Crippen LogP contribution in [0.4, 0.5) is 0 Å². The highest BCUT2D eigenvalue weighted by Gasteiger charge is 2.42. The highest BCUT2D eigenvalue weighted by atomic mass is 16.4. The molecular weight excluding hydrogens is 238 g/mol. The van der Waals surface area contributed by atoms with E-state index >= 15 is 0 Å². The lowest BCUT2D eigenvalue weighted by Crippen LogP contribution is -2.28. The van der Waals surface area contributed by atoms with E-state index in [2.05, 4.69) is 41.7 Å². The number of hydrogen-bond acceptors (Lipinski definition) is 3. The van der Waals surface area contributed by atoms with Crippen LogP contribution in [0.1, 0.15) is 37.3 Å². The first-order chi connectivity index (χ1) is 9.17. The molecule has 0 amide bonds. The van der Waals surface area contributed by atoms with Gasteiger partial charge in [0.05, 0.1) is 0 Å². The molecule has 2 rings (SSSR count). The molecule has 104 valence electrons. The quantitative estimate of drug-likeness (QED) is 0.305. The van der Waals surface area contributed by atoms with Gasteiger partial charge in [0, 0.05) is 19.5 Å².